The van der Waals surface area contributed by atoms with E-state index in [0.29, 0.717) is 16.7 Å². The molecule has 0 saturated carbocycles. The van der Waals surface area contributed by atoms with E-state index in [9.17, 15) is 17.1 Å². The Hall–Kier alpha value is -1.87. The van der Waals surface area contributed by atoms with E-state index in [1.165, 1.54) is 6.92 Å². The molecule has 7 nitrogen and oxygen atoms in total. The van der Waals surface area contributed by atoms with Gasteiger partial charge in [0.05, 0.1) is 5.69 Å². The molecule has 0 aliphatic carbocycles. The average molecular weight is 362 g/mol. The summed E-state index contributed by atoms with van der Waals surface area (Å²) in [5.41, 5.74) is 7.08. The van der Waals surface area contributed by atoms with Gasteiger partial charge < -0.3 is 14.7 Å². The van der Waals surface area contributed by atoms with Crippen molar-refractivity contribution in [3.05, 3.63) is 22.3 Å². The van der Waals surface area contributed by atoms with E-state index >= 15 is 0 Å². The summed E-state index contributed by atoms with van der Waals surface area (Å²) in [6.07, 6.45) is -0.727. The molecule has 24 heavy (non-hydrogen) atoms. The van der Waals surface area contributed by atoms with Crippen LogP contribution in [0.4, 0.5) is 14.4 Å². The topological polar surface area (TPSA) is 108 Å². The van der Waals surface area contributed by atoms with Crippen molar-refractivity contribution in [2.45, 2.75) is 53.7 Å². The molecule has 0 aliphatic rings. The molecule has 0 radical (unpaired) electrons. The Bertz CT molecular complexity index is 754. The zero-order chi connectivity index (χ0) is 18.9. The van der Waals surface area contributed by atoms with Gasteiger partial charge in [-0.25, -0.2) is 4.79 Å². The van der Waals surface area contributed by atoms with E-state index in [2.05, 4.69) is 9.50 Å². The normalized spacial score (nSPS) is 12.0. The Kier molecular flexibility index (Phi) is 5.83. The maximum Gasteiger partial charge on any atom is 0.488 e. The molecule has 0 aromatic heterocycles. The van der Waals surface area contributed by atoms with E-state index in [1.807, 2.05) is 0 Å². The molecule has 1 amide bonds. The number of hydrogen-bond acceptors (Lipinski definition) is 6. The van der Waals surface area contributed by atoms with Gasteiger partial charge in [0.15, 0.2) is 5.75 Å². The number of anilines is 1. The zero-order valence-corrected chi connectivity index (χ0v) is 15.4. The molecule has 0 atom stereocenters. The van der Waals surface area contributed by atoms with Gasteiger partial charge in [0.2, 0.25) is 0 Å². The Labute approximate surface area is 141 Å². The first kappa shape index (κ1) is 20.2. The van der Waals surface area contributed by atoms with Crippen molar-refractivity contribution < 1.29 is 26.0 Å². The van der Waals surface area contributed by atoms with E-state index in [4.69, 9.17) is 10.5 Å². The highest BCUT2D eigenvalue weighted by molar-refractivity contribution is 7.81. The Morgan fingerprint density at radius 1 is 1.17 bits per heavy atom. The van der Waals surface area contributed by atoms with Crippen molar-refractivity contribution in [2.24, 2.45) is 5.73 Å². The van der Waals surface area contributed by atoms with Gasteiger partial charge in [-0.05, 0) is 58.2 Å². The lowest BCUT2D eigenvalue weighted by atomic mass is 9.96. The number of carbonyl (C=O) groups excluding carboxylic acids is 1. The highest BCUT2D eigenvalue weighted by Gasteiger charge is 2.24. The SMILES string of the molecule is Cc1c(CN)c(C)c(OS(=O)(=O)F)c(C)c1NC(=O)OC(C)(C)C. The van der Waals surface area contributed by atoms with Gasteiger partial charge in [0.25, 0.3) is 0 Å². The first-order valence-electron chi connectivity index (χ1n) is 7.23. The largest absolute Gasteiger partial charge is 0.488 e. The van der Waals surface area contributed by atoms with Crippen molar-refractivity contribution >= 4 is 22.3 Å². The Morgan fingerprint density at radius 2 is 1.71 bits per heavy atom. The number of rotatable bonds is 4. The maximum absolute atomic E-state index is 13.0. The third-order valence-corrected chi connectivity index (χ3v) is 3.72. The van der Waals surface area contributed by atoms with Crippen LogP contribution in [0.25, 0.3) is 0 Å². The highest BCUT2D eigenvalue weighted by Crippen LogP contribution is 2.37. The summed E-state index contributed by atoms with van der Waals surface area (Å²) < 4.78 is 44.4. The summed E-state index contributed by atoms with van der Waals surface area (Å²) in [5, 5.41) is 2.55. The average Bonchev–Trinajstić information content (AvgIpc) is 2.37. The van der Waals surface area contributed by atoms with E-state index in [0.717, 1.165) is 0 Å². The fraction of sp³-hybridized carbons (Fsp3) is 0.533. The first-order valence-corrected chi connectivity index (χ1v) is 8.54. The number of ether oxygens (including phenoxy) is 1. The number of hydrogen-bond donors (Lipinski definition) is 2. The summed E-state index contributed by atoms with van der Waals surface area (Å²) >= 11 is 0. The van der Waals surface area contributed by atoms with Gasteiger partial charge in [0, 0.05) is 12.1 Å². The fourth-order valence-corrected chi connectivity index (χ4v) is 2.82. The summed E-state index contributed by atoms with van der Waals surface area (Å²) in [6, 6.07) is 0. The quantitative estimate of drug-likeness (QED) is 0.797. The van der Waals surface area contributed by atoms with E-state index in [1.54, 1.807) is 34.6 Å². The Balaban J connectivity index is 3.44. The van der Waals surface area contributed by atoms with E-state index in [-0.39, 0.29) is 23.5 Å². The van der Waals surface area contributed by atoms with E-state index < -0.39 is 22.2 Å². The minimum atomic E-state index is -5.22. The van der Waals surface area contributed by atoms with Crippen LogP contribution in [-0.2, 0) is 21.8 Å². The molecule has 0 spiro atoms. The number of amides is 1. The zero-order valence-electron chi connectivity index (χ0n) is 14.6. The predicted octanol–water partition coefficient (Wildman–Crippen LogP) is 3.01. The molecule has 9 heteroatoms. The second kappa shape index (κ2) is 6.94. The molecule has 0 unspecified atom stereocenters. The van der Waals surface area contributed by atoms with Crippen LogP contribution in [0.15, 0.2) is 0 Å². The molecule has 1 aromatic rings. The van der Waals surface area contributed by atoms with Gasteiger partial charge >= 0.3 is 16.6 Å². The first-order chi connectivity index (χ1) is 10.8. The molecule has 136 valence electrons. The van der Waals surface area contributed by atoms with Gasteiger partial charge in [-0.15, -0.1) is 0 Å². The molecule has 0 saturated heterocycles. The molecule has 1 aromatic carbocycles. The lowest BCUT2D eigenvalue weighted by Gasteiger charge is -2.23. The number of benzene rings is 1. The lowest BCUT2D eigenvalue weighted by Crippen LogP contribution is -2.28. The smallest absolute Gasteiger partial charge is 0.444 e. The molecule has 0 fully saturated rings. The molecule has 3 N–H and O–H groups in total. The molecular formula is C15H23FN2O5S. The van der Waals surface area contributed by atoms with Crippen molar-refractivity contribution in [1.82, 2.24) is 0 Å². The monoisotopic (exact) mass is 362 g/mol. The summed E-state index contributed by atoms with van der Waals surface area (Å²) in [5.74, 6) is -0.199. The van der Waals surface area contributed by atoms with Crippen LogP contribution in [0, 0.1) is 20.8 Å². The molecule has 0 heterocycles. The third-order valence-electron chi connectivity index (χ3n) is 3.35. The molecule has 0 bridgehead atoms. The van der Waals surface area contributed by atoms with Gasteiger partial charge in [0.1, 0.15) is 5.60 Å². The fourth-order valence-electron chi connectivity index (χ4n) is 2.37. The number of carbonyl (C=O) groups is 1. The van der Waals surface area contributed by atoms with Crippen LogP contribution in [-0.4, -0.2) is 20.1 Å². The third kappa shape index (κ3) is 5.07. The van der Waals surface area contributed by atoms with Gasteiger partial charge in [-0.2, -0.15) is 8.42 Å². The molecule has 1 rings (SSSR count). The van der Waals surface area contributed by atoms with Crippen molar-refractivity contribution in [1.29, 1.82) is 0 Å². The minimum Gasteiger partial charge on any atom is -0.444 e. The summed E-state index contributed by atoms with van der Waals surface area (Å²) in [7, 11) is -5.22. The van der Waals surface area contributed by atoms with Crippen LogP contribution in [0.1, 0.15) is 43.0 Å². The number of nitrogens with two attached hydrogens (primary N) is 1. The lowest BCUT2D eigenvalue weighted by molar-refractivity contribution is 0.0635. The minimum absolute atomic E-state index is 0.0592. The molecule has 0 aliphatic heterocycles. The second-order valence-corrected chi connectivity index (χ2v) is 7.32. The standard InChI is InChI=1S/C15H23FN2O5S/c1-8-11(7-17)9(2)13(23-24(16,20)21)10(3)12(8)18-14(19)22-15(4,5)6/h7,17H2,1-6H3,(H,18,19). The van der Waals surface area contributed by atoms with Crippen LogP contribution < -0.4 is 15.2 Å². The van der Waals surface area contributed by atoms with Crippen LogP contribution in [0.2, 0.25) is 0 Å². The van der Waals surface area contributed by atoms with Gasteiger partial charge in [-0.3, -0.25) is 5.32 Å². The van der Waals surface area contributed by atoms with Crippen LogP contribution in [0.3, 0.4) is 0 Å². The maximum atomic E-state index is 13.0. The highest BCUT2D eigenvalue weighted by atomic mass is 32.3. The predicted molar refractivity (Wildman–Crippen MR) is 89.1 cm³/mol. The van der Waals surface area contributed by atoms with Crippen LogP contribution in [0.5, 0.6) is 5.75 Å². The van der Waals surface area contributed by atoms with Crippen molar-refractivity contribution in [3.63, 3.8) is 0 Å². The van der Waals surface area contributed by atoms with Crippen molar-refractivity contribution in [3.8, 4) is 5.75 Å². The summed E-state index contributed by atoms with van der Waals surface area (Å²) in [4.78, 5) is 12.0. The van der Waals surface area contributed by atoms with Crippen molar-refractivity contribution in [2.75, 3.05) is 5.32 Å². The van der Waals surface area contributed by atoms with Gasteiger partial charge in [-0.1, -0.05) is 3.89 Å². The second-order valence-electron chi connectivity index (χ2n) is 6.37. The van der Waals surface area contributed by atoms with Crippen LogP contribution >= 0.6 is 0 Å². The number of halogens is 1. The number of nitrogens with one attached hydrogen (secondary N) is 1. The Morgan fingerprint density at radius 3 is 2.12 bits per heavy atom. The molecular weight excluding hydrogens is 339 g/mol. The summed E-state index contributed by atoms with van der Waals surface area (Å²) in [6.45, 7) is 9.96.